The molecule has 114 valence electrons. The lowest BCUT2D eigenvalue weighted by molar-refractivity contribution is 0.573. The van der Waals surface area contributed by atoms with Crippen LogP contribution >= 0.6 is 11.8 Å². The molecule has 0 aliphatic carbocycles. The minimum Gasteiger partial charge on any atom is -0.369 e. The van der Waals surface area contributed by atoms with E-state index in [-0.39, 0.29) is 4.90 Å². The molecule has 1 heterocycles. The monoisotopic (exact) mass is 328 g/mol. The van der Waals surface area contributed by atoms with E-state index in [4.69, 9.17) is 6.42 Å². The maximum Gasteiger partial charge on any atom is 0.243 e. The molecule has 0 bridgehead atoms. The molecule has 1 unspecified atom stereocenters. The molecule has 0 amide bonds. The Morgan fingerprint density at radius 3 is 2.71 bits per heavy atom. The number of sulfonamides is 1. The van der Waals surface area contributed by atoms with E-state index >= 15 is 0 Å². The summed E-state index contributed by atoms with van der Waals surface area (Å²) in [5.41, 5.74) is 0.522. The second-order valence-electron chi connectivity index (χ2n) is 4.72. The minimum atomic E-state index is -3.86. The van der Waals surface area contributed by atoms with Crippen LogP contribution in [-0.2, 0) is 10.0 Å². The molecule has 1 aliphatic rings. The van der Waals surface area contributed by atoms with E-state index in [1.54, 1.807) is 6.92 Å². The molecule has 0 spiro atoms. The fourth-order valence-electron chi connectivity index (χ4n) is 2.10. The highest BCUT2D eigenvalue weighted by molar-refractivity contribution is 7.99. The van der Waals surface area contributed by atoms with Crippen molar-refractivity contribution in [3.63, 3.8) is 0 Å². The van der Waals surface area contributed by atoms with Crippen LogP contribution in [0.3, 0.4) is 0 Å². The molecule has 4 nitrogen and oxygen atoms in total. The van der Waals surface area contributed by atoms with Gasteiger partial charge < -0.3 is 4.90 Å². The predicted molar refractivity (Wildman–Crippen MR) is 84.6 cm³/mol. The Balaban J connectivity index is 2.41. The number of thioether (sulfide) groups is 1. The first kappa shape index (κ1) is 16.1. The maximum absolute atomic E-state index is 13.5. The Hall–Kier alpha value is -1.23. The molecule has 0 aromatic heterocycles. The lowest BCUT2D eigenvalue weighted by atomic mass is 10.2. The van der Waals surface area contributed by atoms with Crippen molar-refractivity contribution in [2.45, 2.75) is 17.9 Å². The number of hydrogen-bond donors (Lipinski definition) is 1. The van der Waals surface area contributed by atoms with Crippen LogP contribution in [0.1, 0.15) is 6.92 Å². The molecule has 1 atom stereocenters. The van der Waals surface area contributed by atoms with Gasteiger partial charge in [-0.15, -0.1) is 6.42 Å². The predicted octanol–water partition coefficient (Wildman–Crippen LogP) is 1.68. The molecule has 1 fully saturated rings. The second-order valence-corrected chi connectivity index (χ2v) is 7.63. The average Bonchev–Trinajstić information content (AvgIpc) is 2.47. The van der Waals surface area contributed by atoms with Gasteiger partial charge in [0.1, 0.15) is 10.7 Å². The Kier molecular flexibility index (Phi) is 5.14. The molecule has 0 radical (unpaired) electrons. The Morgan fingerprint density at radius 1 is 1.43 bits per heavy atom. The molecular formula is C14H17FN2O2S2. The average molecular weight is 328 g/mol. The minimum absolute atomic E-state index is 0.0588. The van der Waals surface area contributed by atoms with E-state index in [2.05, 4.69) is 10.6 Å². The van der Waals surface area contributed by atoms with Crippen molar-refractivity contribution >= 4 is 27.5 Å². The Morgan fingerprint density at radius 2 is 2.10 bits per heavy atom. The highest BCUT2D eigenvalue weighted by Crippen LogP contribution is 2.28. The molecule has 7 heteroatoms. The van der Waals surface area contributed by atoms with Crippen molar-refractivity contribution in [1.29, 1.82) is 0 Å². The van der Waals surface area contributed by atoms with Gasteiger partial charge in [-0.1, -0.05) is 5.92 Å². The van der Waals surface area contributed by atoms with E-state index in [0.29, 0.717) is 5.69 Å². The third-order valence-electron chi connectivity index (χ3n) is 3.15. The van der Waals surface area contributed by atoms with E-state index in [0.717, 1.165) is 30.7 Å². The number of benzene rings is 1. The highest BCUT2D eigenvalue weighted by atomic mass is 32.2. The summed E-state index contributed by atoms with van der Waals surface area (Å²) in [5, 5.41) is 0. The summed E-state index contributed by atoms with van der Waals surface area (Å²) >= 11 is 1.82. The zero-order chi connectivity index (χ0) is 15.5. The molecule has 1 aromatic rings. The van der Waals surface area contributed by atoms with Crippen LogP contribution in [0, 0.1) is 18.2 Å². The zero-order valence-electron chi connectivity index (χ0n) is 11.7. The standard InChI is InChI=1S/C14H17FN2O2S2/c1-3-11(2)16-21(18,19)14-10-12(15)4-5-13(14)17-6-8-20-9-7-17/h1,4-5,10-11,16H,6-9H2,2H3. The molecule has 2 rings (SSSR count). The van der Waals surface area contributed by atoms with Crippen molar-refractivity contribution in [3.8, 4) is 12.3 Å². The summed E-state index contributed by atoms with van der Waals surface area (Å²) in [6.07, 6.45) is 5.20. The molecule has 1 aromatic carbocycles. The van der Waals surface area contributed by atoms with Crippen LogP contribution in [0.25, 0.3) is 0 Å². The highest BCUT2D eigenvalue weighted by Gasteiger charge is 2.24. The fourth-order valence-corrected chi connectivity index (χ4v) is 4.40. The van der Waals surface area contributed by atoms with Gasteiger partial charge in [0, 0.05) is 24.6 Å². The van der Waals surface area contributed by atoms with Gasteiger partial charge >= 0.3 is 0 Å². The molecule has 1 N–H and O–H groups in total. The largest absolute Gasteiger partial charge is 0.369 e. The van der Waals surface area contributed by atoms with Gasteiger partial charge in [-0.05, 0) is 25.1 Å². The summed E-state index contributed by atoms with van der Waals surface area (Å²) in [6, 6.07) is 3.19. The van der Waals surface area contributed by atoms with Gasteiger partial charge in [-0.3, -0.25) is 0 Å². The molecule has 21 heavy (non-hydrogen) atoms. The smallest absolute Gasteiger partial charge is 0.243 e. The van der Waals surface area contributed by atoms with Gasteiger partial charge in [0.05, 0.1) is 11.7 Å². The Labute approximate surface area is 129 Å². The van der Waals surface area contributed by atoms with Gasteiger partial charge in [0.2, 0.25) is 10.0 Å². The van der Waals surface area contributed by atoms with E-state index < -0.39 is 21.9 Å². The summed E-state index contributed by atoms with van der Waals surface area (Å²) in [4.78, 5) is 1.90. The summed E-state index contributed by atoms with van der Waals surface area (Å²) in [7, 11) is -3.86. The van der Waals surface area contributed by atoms with Crippen LogP contribution in [0.15, 0.2) is 23.1 Å². The number of halogens is 1. The summed E-state index contributed by atoms with van der Waals surface area (Å²) in [5.74, 6) is 3.56. The third kappa shape index (κ3) is 3.90. The van der Waals surface area contributed by atoms with Crippen LogP contribution in [-0.4, -0.2) is 39.1 Å². The molecular weight excluding hydrogens is 311 g/mol. The topological polar surface area (TPSA) is 49.4 Å². The summed E-state index contributed by atoms with van der Waals surface area (Å²) < 4.78 is 40.7. The third-order valence-corrected chi connectivity index (χ3v) is 5.66. The van der Waals surface area contributed by atoms with Crippen LogP contribution in [0.4, 0.5) is 10.1 Å². The van der Waals surface area contributed by atoms with Crippen LogP contribution in [0.5, 0.6) is 0 Å². The van der Waals surface area contributed by atoms with Gasteiger partial charge in [-0.2, -0.15) is 16.5 Å². The summed E-state index contributed by atoms with van der Waals surface area (Å²) in [6.45, 7) is 3.04. The van der Waals surface area contributed by atoms with E-state index in [9.17, 15) is 12.8 Å². The zero-order valence-corrected chi connectivity index (χ0v) is 13.3. The first-order valence-corrected chi connectivity index (χ1v) is 9.18. The van der Waals surface area contributed by atoms with E-state index in [1.807, 2.05) is 16.7 Å². The van der Waals surface area contributed by atoms with Gasteiger partial charge in [0.25, 0.3) is 0 Å². The van der Waals surface area contributed by atoms with Gasteiger partial charge in [-0.25, -0.2) is 12.8 Å². The van der Waals surface area contributed by atoms with Gasteiger partial charge in [0.15, 0.2) is 0 Å². The van der Waals surface area contributed by atoms with Crippen molar-refractivity contribution in [2.24, 2.45) is 0 Å². The van der Waals surface area contributed by atoms with Crippen molar-refractivity contribution in [3.05, 3.63) is 24.0 Å². The van der Waals surface area contributed by atoms with Crippen molar-refractivity contribution < 1.29 is 12.8 Å². The SMILES string of the molecule is C#CC(C)NS(=O)(=O)c1cc(F)ccc1N1CCSCC1. The maximum atomic E-state index is 13.5. The Bertz CT molecular complexity index is 649. The fraction of sp³-hybridized carbons (Fsp3) is 0.429. The molecule has 1 saturated heterocycles. The molecule has 0 saturated carbocycles. The van der Waals surface area contributed by atoms with Crippen molar-refractivity contribution in [2.75, 3.05) is 29.5 Å². The number of hydrogen-bond acceptors (Lipinski definition) is 4. The normalized spacial score (nSPS) is 17.3. The number of anilines is 1. The first-order valence-electron chi connectivity index (χ1n) is 6.55. The number of nitrogens with zero attached hydrogens (tertiary/aromatic N) is 1. The number of nitrogens with one attached hydrogen (secondary N) is 1. The lowest BCUT2D eigenvalue weighted by Crippen LogP contribution is -2.36. The second kappa shape index (κ2) is 6.69. The van der Waals surface area contributed by atoms with Crippen molar-refractivity contribution in [1.82, 2.24) is 4.72 Å². The number of rotatable bonds is 4. The lowest BCUT2D eigenvalue weighted by Gasteiger charge is -2.30. The van der Waals surface area contributed by atoms with E-state index in [1.165, 1.54) is 12.1 Å². The number of terminal acetylenes is 1. The van der Waals surface area contributed by atoms with Crippen LogP contribution in [0.2, 0.25) is 0 Å². The molecule has 1 aliphatic heterocycles. The van der Waals surface area contributed by atoms with Crippen LogP contribution < -0.4 is 9.62 Å². The quantitative estimate of drug-likeness (QED) is 0.855. The first-order chi connectivity index (χ1) is 9.94.